The maximum atomic E-state index is 11.0. The van der Waals surface area contributed by atoms with Gasteiger partial charge in [-0.25, -0.2) is 0 Å². The largest absolute Gasteiger partial charge is 0.462 e. The maximum absolute atomic E-state index is 11.0. The van der Waals surface area contributed by atoms with Crippen molar-refractivity contribution in [3.63, 3.8) is 0 Å². The van der Waals surface area contributed by atoms with E-state index in [9.17, 15) is 4.79 Å². The van der Waals surface area contributed by atoms with Crippen LogP contribution in [0.15, 0.2) is 24.8 Å². The Kier molecular flexibility index (Phi) is 6.98. The van der Waals surface area contributed by atoms with Gasteiger partial charge in [0.1, 0.15) is 0 Å². The van der Waals surface area contributed by atoms with Crippen molar-refractivity contribution in [1.82, 2.24) is 0 Å². The monoisotopic (exact) mass is 182 g/mol. The Labute approximate surface area is 80.3 Å². The summed E-state index contributed by atoms with van der Waals surface area (Å²) in [7, 11) is 0. The molecule has 1 unspecified atom stereocenters. The zero-order chi connectivity index (χ0) is 10.1. The summed E-state index contributed by atoms with van der Waals surface area (Å²) in [4.78, 5) is 11.0. The summed E-state index contributed by atoms with van der Waals surface area (Å²) >= 11 is 0. The Morgan fingerprint density at radius 1 is 1.62 bits per heavy atom. The first-order valence-electron chi connectivity index (χ1n) is 4.62. The van der Waals surface area contributed by atoms with Crippen LogP contribution >= 0.6 is 0 Å². The number of carbonyl (C=O) groups excluding carboxylic acids is 1. The van der Waals surface area contributed by atoms with Gasteiger partial charge in [-0.3, -0.25) is 4.79 Å². The maximum Gasteiger partial charge on any atom is 0.309 e. The van der Waals surface area contributed by atoms with E-state index in [0.717, 1.165) is 12.8 Å². The summed E-state index contributed by atoms with van der Waals surface area (Å²) in [5.74, 6) is -0.192. The van der Waals surface area contributed by atoms with E-state index in [4.69, 9.17) is 4.74 Å². The Balaban J connectivity index is 3.54. The molecule has 0 aliphatic rings. The second kappa shape index (κ2) is 7.59. The molecule has 0 N–H and O–H groups in total. The molecule has 0 aromatic heterocycles. The minimum atomic E-state index is -0.192. The average molecular weight is 182 g/mol. The highest BCUT2D eigenvalue weighted by Crippen LogP contribution is 2.03. The van der Waals surface area contributed by atoms with Crippen molar-refractivity contribution >= 4 is 5.97 Å². The highest BCUT2D eigenvalue weighted by Gasteiger charge is 2.06. The Morgan fingerprint density at radius 2 is 2.31 bits per heavy atom. The highest BCUT2D eigenvalue weighted by atomic mass is 16.5. The number of carbonyl (C=O) groups is 1. The van der Waals surface area contributed by atoms with Crippen LogP contribution in [0.25, 0.3) is 0 Å². The van der Waals surface area contributed by atoms with E-state index >= 15 is 0 Å². The zero-order valence-corrected chi connectivity index (χ0v) is 8.45. The smallest absolute Gasteiger partial charge is 0.309 e. The van der Waals surface area contributed by atoms with E-state index < -0.39 is 0 Å². The second-order valence-electron chi connectivity index (χ2n) is 2.94. The van der Waals surface area contributed by atoms with Crippen LogP contribution in [-0.2, 0) is 9.53 Å². The predicted molar refractivity (Wildman–Crippen MR) is 54.4 cm³/mol. The summed E-state index contributed by atoms with van der Waals surface area (Å²) in [5, 5.41) is 0. The molecule has 0 aliphatic heterocycles. The van der Waals surface area contributed by atoms with Crippen molar-refractivity contribution in [2.75, 3.05) is 0 Å². The standard InChI is InChI=1S/C11H18O2/c1-4-6-7-9-10(3)13-11(12)8-5-2/h4-6,10H,2,7-9H2,1,3H3. The van der Waals surface area contributed by atoms with Crippen molar-refractivity contribution in [3.8, 4) is 0 Å². The van der Waals surface area contributed by atoms with Crippen LogP contribution in [0.2, 0.25) is 0 Å². The lowest BCUT2D eigenvalue weighted by Gasteiger charge is -2.10. The molecule has 0 aliphatic carbocycles. The number of allylic oxidation sites excluding steroid dienone is 2. The van der Waals surface area contributed by atoms with Crippen molar-refractivity contribution in [1.29, 1.82) is 0 Å². The van der Waals surface area contributed by atoms with Crippen molar-refractivity contribution in [2.45, 2.75) is 39.2 Å². The lowest BCUT2D eigenvalue weighted by molar-refractivity contribution is -0.147. The first-order valence-corrected chi connectivity index (χ1v) is 4.62. The van der Waals surface area contributed by atoms with E-state index in [1.807, 2.05) is 19.9 Å². The number of hydrogen-bond donors (Lipinski definition) is 0. The van der Waals surface area contributed by atoms with Gasteiger partial charge < -0.3 is 4.74 Å². The van der Waals surface area contributed by atoms with Crippen LogP contribution in [0.4, 0.5) is 0 Å². The van der Waals surface area contributed by atoms with Crippen molar-refractivity contribution < 1.29 is 9.53 Å². The average Bonchev–Trinajstić information content (AvgIpc) is 2.05. The summed E-state index contributed by atoms with van der Waals surface area (Å²) < 4.78 is 5.09. The van der Waals surface area contributed by atoms with Gasteiger partial charge in [-0.2, -0.15) is 0 Å². The molecule has 0 heterocycles. The fraction of sp³-hybridized carbons (Fsp3) is 0.545. The SMILES string of the molecule is C=CCC(=O)OC(C)CCC=CC. The molecule has 0 fully saturated rings. The van der Waals surface area contributed by atoms with Gasteiger partial charge >= 0.3 is 5.97 Å². The van der Waals surface area contributed by atoms with E-state index in [2.05, 4.69) is 12.7 Å². The number of ether oxygens (including phenoxy) is 1. The van der Waals surface area contributed by atoms with Gasteiger partial charge in [0.05, 0.1) is 12.5 Å². The van der Waals surface area contributed by atoms with E-state index in [0.29, 0.717) is 6.42 Å². The molecule has 2 nitrogen and oxygen atoms in total. The first-order chi connectivity index (χ1) is 6.20. The summed E-state index contributed by atoms with van der Waals surface area (Å²) in [6.07, 6.45) is 7.76. The topological polar surface area (TPSA) is 26.3 Å². The molecule has 0 radical (unpaired) electrons. The van der Waals surface area contributed by atoms with Gasteiger partial charge in [0.15, 0.2) is 0 Å². The zero-order valence-electron chi connectivity index (χ0n) is 8.45. The lowest BCUT2D eigenvalue weighted by atomic mass is 10.2. The van der Waals surface area contributed by atoms with E-state index in [-0.39, 0.29) is 12.1 Å². The van der Waals surface area contributed by atoms with Crippen molar-refractivity contribution in [2.24, 2.45) is 0 Å². The molecule has 0 saturated heterocycles. The summed E-state index contributed by atoms with van der Waals surface area (Å²) in [5.41, 5.74) is 0. The molecular formula is C11H18O2. The quantitative estimate of drug-likeness (QED) is 0.466. The van der Waals surface area contributed by atoms with Crippen LogP contribution in [0.3, 0.4) is 0 Å². The van der Waals surface area contributed by atoms with Gasteiger partial charge in [0.2, 0.25) is 0 Å². The van der Waals surface area contributed by atoms with Crippen LogP contribution < -0.4 is 0 Å². The van der Waals surface area contributed by atoms with Gasteiger partial charge in [-0.15, -0.1) is 6.58 Å². The molecule has 13 heavy (non-hydrogen) atoms. The van der Waals surface area contributed by atoms with Gasteiger partial charge in [-0.1, -0.05) is 18.2 Å². The van der Waals surface area contributed by atoms with Crippen LogP contribution in [-0.4, -0.2) is 12.1 Å². The minimum Gasteiger partial charge on any atom is -0.462 e. The van der Waals surface area contributed by atoms with Crippen LogP contribution in [0.1, 0.15) is 33.1 Å². The minimum absolute atomic E-state index is 0.00338. The number of rotatable bonds is 6. The van der Waals surface area contributed by atoms with E-state index in [1.165, 1.54) is 0 Å². The molecule has 0 bridgehead atoms. The first kappa shape index (κ1) is 11.9. The number of esters is 1. The van der Waals surface area contributed by atoms with Crippen molar-refractivity contribution in [3.05, 3.63) is 24.8 Å². The second-order valence-corrected chi connectivity index (χ2v) is 2.94. The molecule has 2 heteroatoms. The molecule has 0 rings (SSSR count). The molecule has 1 atom stereocenters. The van der Waals surface area contributed by atoms with Crippen LogP contribution in [0.5, 0.6) is 0 Å². The molecule has 0 spiro atoms. The Morgan fingerprint density at radius 3 is 2.85 bits per heavy atom. The van der Waals surface area contributed by atoms with Crippen LogP contribution in [0, 0.1) is 0 Å². The van der Waals surface area contributed by atoms with Gasteiger partial charge in [-0.05, 0) is 26.7 Å². The van der Waals surface area contributed by atoms with Gasteiger partial charge in [0, 0.05) is 0 Å². The molecule has 0 aromatic carbocycles. The highest BCUT2D eigenvalue weighted by molar-refractivity contribution is 5.71. The third-order valence-electron chi connectivity index (χ3n) is 1.62. The number of hydrogen-bond acceptors (Lipinski definition) is 2. The lowest BCUT2D eigenvalue weighted by Crippen LogP contribution is -2.13. The fourth-order valence-corrected chi connectivity index (χ4v) is 0.947. The van der Waals surface area contributed by atoms with E-state index in [1.54, 1.807) is 6.08 Å². The summed E-state index contributed by atoms with van der Waals surface area (Å²) in [6, 6.07) is 0. The van der Waals surface area contributed by atoms with Gasteiger partial charge in [0.25, 0.3) is 0 Å². The fourth-order valence-electron chi connectivity index (χ4n) is 0.947. The third-order valence-corrected chi connectivity index (χ3v) is 1.62. The Hall–Kier alpha value is -1.05. The third kappa shape index (κ3) is 7.32. The molecular weight excluding hydrogens is 164 g/mol. The predicted octanol–water partition coefficient (Wildman–Crippen LogP) is 2.85. The molecule has 0 aromatic rings. The molecule has 0 amide bonds. The molecule has 0 saturated carbocycles. The Bertz CT molecular complexity index is 183. The summed E-state index contributed by atoms with van der Waals surface area (Å²) in [6.45, 7) is 7.36. The normalized spacial score (nSPS) is 12.8. The molecule has 74 valence electrons.